The quantitative estimate of drug-likeness (QED) is 0.472. The first kappa shape index (κ1) is 6.64. The molecule has 0 aromatic heterocycles. The zero-order valence-corrected chi connectivity index (χ0v) is 5.93. The fourth-order valence-electron chi connectivity index (χ4n) is 1.37. The standard InChI is InChI=1S/C8H13N/c1-3-5-8-6-4-7-9(8)2/h1,8H,4-7H2,2H3. The Labute approximate surface area is 57.0 Å². The Morgan fingerprint density at radius 3 is 3.00 bits per heavy atom. The van der Waals surface area contributed by atoms with Crippen molar-refractivity contribution in [3.63, 3.8) is 0 Å². The van der Waals surface area contributed by atoms with Crippen molar-refractivity contribution in [2.45, 2.75) is 25.3 Å². The maximum atomic E-state index is 5.19. The van der Waals surface area contributed by atoms with Gasteiger partial charge in [-0.25, -0.2) is 0 Å². The number of hydrogen-bond donors (Lipinski definition) is 0. The Morgan fingerprint density at radius 1 is 1.78 bits per heavy atom. The van der Waals surface area contributed by atoms with Crippen LogP contribution in [0, 0.1) is 12.3 Å². The molecule has 0 aromatic carbocycles. The van der Waals surface area contributed by atoms with E-state index in [2.05, 4.69) is 17.9 Å². The van der Waals surface area contributed by atoms with E-state index in [0.29, 0.717) is 6.04 Å². The predicted molar refractivity (Wildman–Crippen MR) is 39.1 cm³/mol. The number of rotatable bonds is 1. The molecule has 1 fully saturated rings. The van der Waals surface area contributed by atoms with E-state index in [1.165, 1.54) is 19.4 Å². The summed E-state index contributed by atoms with van der Waals surface area (Å²) >= 11 is 0. The topological polar surface area (TPSA) is 3.24 Å². The summed E-state index contributed by atoms with van der Waals surface area (Å²) in [6.07, 6.45) is 8.74. The number of terminal acetylenes is 1. The van der Waals surface area contributed by atoms with Crippen LogP contribution in [0.4, 0.5) is 0 Å². The molecule has 0 aromatic rings. The number of nitrogens with zero attached hydrogens (tertiary/aromatic N) is 1. The molecule has 0 bridgehead atoms. The molecule has 0 radical (unpaired) electrons. The van der Waals surface area contributed by atoms with Crippen LogP contribution in [-0.4, -0.2) is 24.5 Å². The van der Waals surface area contributed by atoms with E-state index in [4.69, 9.17) is 6.42 Å². The third kappa shape index (κ3) is 1.46. The van der Waals surface area contributed by atoms with Crippen molar-refractivity contribution in [3.05, 3.63) is 0 Å². The van der Waals surface area contributed by atoms with Gasteiger partial charge >= 0.3 is 0 Å². The average molecular weight is 123 g/mol. The highest BCUT2D eigenvalue weighted by atomic mass is 15.1. The van der Waals surface area contributed by atoms with Crippen molar-refractivity contribution in [1.29, 1.82) is 0 Å². The third-order valence-corrected chi connectivity index (χ3v) is 2.02. The van der Waals surface area contributed by atoms with Crippen LogP contribution in [0.1, 0.15) is 19.3 Å². The van der Waals surface area contributed by atoms with Crippen molar-refractivity contribution >= 4 is 0 Å². The fraction of sp³-hybridized carbons (Fsp3) is 0.750. The molecule has 0 N–H and O–H groups in total. The Morgan fingerprint density at radius 2 is 2.56 bits per heavy atom. The van der Waals surface area contributed by atoms with Crippen LogP contribution < -0.4 is 0 Å². The second kappa shape index (κ2) is 2.89. The van der Waals surface area contributed by atoms with Crippen LogP contribution in [0.5, 0.6) is 0 Å². The van der Waals surface area contributed by atoms with E-state index in [0.717, 1.165) is 6.42 Å². The van der Waals surface area contributed by atoms with Gasteiger partial charge in [0.2, 0.25) is 0 Å². The smallest absolute Gasteiger partial charge is 0.0242 e. The SMILES string of the molecule is C#CCC1CCCN1C. The van der Waals surface area contributed by atoms with Gasteiger partial charge in [0.25, 0.3) is 0 Å². The first-order chi connectivity index (χ1) is 4.34. The number of hydrogen-bond acceptors (Lipinski definition) is 1. The lowest BCUT2D eigenvalue weighted by Gasteiger charge is -2.15. The average Bonchev–Trinajstić information content (AvgIpc) is 2.18. The van der Waals surface area contributed by atoms with Crippen molar-refractivity contribution < 1.29 is 0 Å². The van der Waals surface area contributed by atoms with Gasteiger partial charge in [0.15, 0.2) is 0 Å². The van der Waals surface area contributed by atoms with Crippen molar-refractivity contribution in [2.24, 2.45) is 0 Å². The summed E-state index contributed by atoms with van der Waals surface area (Å²) in [4.78, 5) is 2.35. The Balaban J connectivity index is 2.33. The highest BCUT2D eigenvalue weighted by molar-refractivity contribution is 4.92. The molecule has 1 rings (SSSR count). The van der Waals surface area contributed by atoms with E-state index >= 15 is 0 Å². The molecule has 1 saturated heterocycles. The van der Waals surface area contributed by atoms with E-state index in [9.17, 15) is 0 Å². The normalized spacial score (nSPS) is 28.2. The van der Waals surface area contributed by atoms with Gasteiger partial charge in [0.05, 0.1) is 0 Å². The summed E-state index contributed by atoms with van der Waals surface area (Å²) in [7, 11) is 2.15. The molecule has 1 heterocycles. The van der Waals surface area contributed by atoms with E-state index < -0.39 is 0 Å². The van der Waals surface area contributed by atoms with Crippen LogP contribution in [0.15, 0.2) is 0 Å². The lowest BCUT2D eigenvalue weighted by Crippen LogP contribution is -2.23. The highest BCUT2D eigenvalue weighted by Gasteiger charge is 2.18. The third-order valence-electron chi connectivity index (χ3n) is 2.02. The molecular formula is C8H13N. The zero-order chi connectivity index (χ0) is 6.69. The van der Waals surface area contributed by atoms with Crippen molar-refractivity contribution in [3.8, 4) is 12.3 Å². The minimum Gasteiger partial charge on any atom is -0.302 e. The Bertz CT molecular complexity index is 123. The zero-order valence-electron chi connectivity index (χ0n) is 5.93. The molecule has 1 nitrogen and oxygen atoms in total. The van der Waals surface area contributed by atoms with Crippen molar-refractivity contribution in [2.75, 3.05) is 13.6 Å². The van der Waals surface area contributed by atoms with Gasteiger partial charge in [-0.05, 0) is 26.4 Å². The van der Waals surface area contributed by atoms with E-state index in [-0.39, 0.29) is 0 Å². The molecule has 1 aliphatic rings. The summed E-state index contributed by atoms with van der Waals surface area (Å²) in [6, 6.07) is 0.676. The summed E-state index contributed by atoms with van der Waals surface area (Å²) in [5.41, 5.74) is 0. The Hall–Kier alpha value is -0.480. The minimum atomic E-state index is 0.676. The minimum absolute atomic E-state index is 0.676. The molecule has 1 heteroatoms. The van der Waals surface area contributed by atoms with E-state index in [1.807, 2.05) is 0 Å². The Kier molecular flexibility index (Phi) is 2.13. The first-order valence-electron chi connectivity index (χ1n) is 3.48. The van der Waals surface area contributed by atoms with Crippen molar-refractivity contribution in [1.82, 2.24) is 4.90 Å². The van der Waals surface area contributed by atoms with Crippen LogP contribution >= 0.6 is 0 Å². The molecule has 0 spiro atoms. The lowest BCUT2D eigenvalue weighted by atomic mass is 10.2. The van der Waals surface area contributed by atoms with Gasteiger partial charge in [-0.1, -0.05) is 0 Å². The van der Waals surface area contributed by atoms with Crippen LogP contribution in [0.3, 0.4) is 0 Å². The molecular weight excluding hydrogens is 110 g/mol. The maximum Gasteiger partial charge on any atom is 0.0242 e. The number of likely N-dealkylation sites (tertiary alicyclic amines) is 1. The highest BCUT2D eigenvalue weighted by Crippen LogP contribution is 2.16. The first-order valence-corrected chi connectivity index (χ1v) is 3.48. The molecule has 0 aliphatic carbocycles. The van der Waals surface area contributed by atoms with E-state index in [1.54, 1.807) is 0 Å². The molecule has 1 aliphatic heterocycles. The van der Waals surface area contributed by atoms with Gasteiger partial charge in [-0.2, -0.15) is 0 Å². The second-order valence-corrected chi connectivity index (χ2v) is 2.68. The van der Waals surface area contributed by atoms with Gasteiger partial charge in [0.1, 0.15) is 0 Å². The van der Waals surface area contributed by atoms with Crippen LogP contribution in [0.25, 0.3) is 0 Å². The largest absolute Gasteiger partial charge is 0.302 e. The van der Waals surface area contributed by atoms with Gasteiger partial charge in [0, 0.05) is 12.5 Å². The molecule has 9 heavy (non-hydrogen) atoms. The molecule has 1 unspecified atom stereocenters. The summed E-state index contributed by atoms with van der Waals surface area (Å²) in [5, 5.41) is 0. The lowest BCUT2D eigenvalue weighted by molar-refractivity contribution is 0.315. The van der Waals surface area contributed by atoms with Gasteiger partial charge < -0.3 is 4.90 Å². The summed E-state index contributed by atoms with van der Waals surface area (Å²) in [5.74, 6) is 2.70. The monoisotopic (exact) mass is 123 g/mol. The molecule has 0 amide bonds. The maximum absolute atomic E-state index is 5.19. The van der Waals surface area contributed by atoms with Gasteiger partial charge in [-0.15, -0.1) is 12.3 Å². The predicted octanol–water partition coefficient (Wildman–Crippen LogP) is 1.10. The van der Waals surface area contributed by atoms with Gasteiger partial charge in [-0.3, -0.25) is 0 Å². The van der Waals surface area contributed by atoms with Crippen LogP contribution in [-0.2, 0) is 0 Å². The molecule has 1 atom stereocenters. The summed E-state index contributed by atoms with van der Waals surface area (Å²) in [6.45, 7) is 1.23. The molecule has 0 saturated carbocycles. The fourth-order valence-corrected chi connectivity index (χ4v) is 1.37. The summed E-state index contributed by atoms with van der Waals surface area (Å²) < 4.78 is 0. The second-order valence-electron chi connectivity index (χ2n) is 2.68. The molecule has 50 valence electrons. The van der Waals surface area contributed by atoms with Crippen LogP contribution in [0.2, 0.25) is 0 Å².